The smallest absolute Gasteiger partial charge is 0.270 e. The molecule has 2 aromatic rings. The molecule has 1 N–H and O–H groups in total. The van der Waals surface area contributed by atoms with Gasteiger partial charge in [-0.1, -0.05) is 29.8 Å². The van der Waals surface area contributed by atoms with Crippen LogP contribution in [0.5, 0.6) is 0 Å². The van der Waals surface area contributed by atoms with Crippen LogP contribution in [0, 0.1) is 13.8 Å². The molecule has 1 saturated heterocycles. The molecule has 3 rings (SSSR count). The summed E-state index contributed by atoms with van der Waals surface area (Å²) in [5, 5.41) is 2.87. The molecule has 1 aliphatic rings. The van der Waals surface area contributed by atoms with Crippen molar-refractivity contribution in [2.45, 2.75) is 32.9 Å². The average molecular weight is 388 g/mol. The predicted octanol–water partition coefficient (Wildman–Crippen LogP) is 1.65. The highest BCUT2D eigenvalue weighted by molar-refractivity contribution is 7.91. The largest absolute Gasteiger partial charge is 0.356 e. The molecule has 1 aliphatic heterocycles. The van der Waals surface area contributed by atoms with Crippen molar-refractivity contribution < 1.29 is 13.2 Å². The molecule has 0 saturated carbocycles. The van der Waals surface area contributed by atoms with Crippen LogP contribution in [-0.4, -0.2) is 48.9 Å². The second-order valence-electron chi connectivity index (χ2n) is 6.99. The molecule has 1 aromatic carbocycles. The third kappa shape index (κ3) is 4.82. The van der Waals surface area contributed by atoms with Crippen molar-refractivity contribution in [2.24, 2.45) is 0 Å². The summed E-state index contributed by atoms with van der Waals surface area (Å²) >= 11 is 0. The number of aryl methyl sites for hydroxylation is 2. The summed E-state index contributed by atoms with van der Waals surface area (Å²) in [6.07, 6.45) is 0.566. The molecular weight excluding hydrogens is 364 g/mol. The van der Waals surface area contributed by atoms with Gasteiger partial charge in [0.15, 0.2) is 9.84 Å². The summed E-state index contributed by atoms with van der Waals surface area (Å²) in [6, 6.07) is 9.43. The summed E-state index contributed by atoms with van der Waals surface area (Å²) < 4.78 is 23.5. The molecule has 7 nitrogen and oxygen atoms in total. The molecule has 8 heteroatoms. The molecule has 1 atom stereocenters. The second kappa shape index (κ2) is 7.64. The van der Waals surface area contributed by atoms with Crippen LogP contribution >= 0.6 is 0 Å². The van der Waals surface area contributed by atoms with Gasteiger partial charge in [0.1, 0.15) is 17.3 Å². The Hall–Kier alpha value is -2.48. The second-order valence-corrected chi connectivity index (χ2v) is 9.22. The van der Waals surface area contributed by atoms with Gasteiger partial charge in [0.2, 0.25) is 0 Å². The Labute approximate surface area is 159 Å². The van der Waals surface area contributed by atoms with E-state index >= 15 is 0 Å². The van der Waals surface area contributed by atoms with Gasteiger partial charge in [-0.3, -0.25) is 4.79 Å². The van der Waals surface area contributed by atoms with Gasteiger partial charge in [0.05, 0.1) is 11.5 Å². The lowest BCUT2D eigenvalue weighted by Gasteiger charge is -2.25. The van der Waals surface area contributed by atoms with Gasteiger partial charge >= 0.3 is 0 Å². The van der Waals surface area contributed by atoms with E-state index < -0.39 is 9.84 Å². The monoisotopic (exact) mass is 388 g/mol. The van der Waals surface area contributed by atoms with E-state index in [-0.39, 0.29) is 29.1 Å². The number of amides is 1. The van der Waals surface area contributed by atoms with Crippen LogP contribution in [-0.2, 0) is 16.4 Å². The maximum absolute atomic E-state index is 12.5. The fraction of sp³-hybridized carbons (Fsp3) is 0.421. The lowest BCUT2D eigenvalue weighted by atomic mass is 10.1. The number of anilines is 1. The van der Waals surface area contributed by atoms with Crippen LogP contribution in [0.3, 0.4) is 0 Å². The summed E-state index contributed by atoms with van der Waals surface area (Å²) in [7, 11) is -1.18. The molecule has 1 fully saturated rings. The van der Waals surface area contributed by atoms with Crippen molar-refractivity contribution in [1.29, 1.82) is 0 Å². The average Bonchev–Trinajstić information content (AvgIpc) is 2.99. The summed E-state index contributed by atoms with van der Waals surface area (Å²) in [5.74, 6) is 1.05. The quantitative estimate of drug-likeness (QED) is 0.837. The van der Waals surface area contributed by atoms with Crippen molar-refractivity contribution in [2.75, 3.05) is 23.5 Å². The van der Waals surface area contributed by atoms with Crippen molar-refractivity contribution in [1.82, 2.24) is 15.3 Å². The Morgan fingerprint density at radius 2 is 1.93 bits per heavy atom. The van der Waals surface area contributed by atoms with Crippen LogP contribution in [0.4, 0.5) is 5.82 Å². The molecule has 0 aliphatic carbocycles. The number of nitrogens with zero attached hydrogens (tertiary/aromatic N) is 3. The number of nitrogens with one attached hydrogen (secondary N) is 1. The Morgan fingerprint density at radius 3 is 2.56 bits per heavy atom. The SMILES string of the molecule is Cc1ccc(CNC(=O)c2cc(N(C)C3CCS(=O)(=O)C3)nc(C)n2)cc1. The van der Waals surface area contributed by atoms with E-state index in [0.717, 1.165) is 11.1 Å². The maximum Gasteiger partial charge on any atom is 0.270 e. The highest BCUT2D eigenvalue weighted by Crippen LogP contribution is 2.22. The van der Waals surface area contributed by atoms with E-state index in [0.29, 0.717) is 24.6 Å². The Bertz CT molecular complexity index is 942. The minimum atomic E-state index is -2.99. The minimum Gasteiger partial charge on any atom is -0.356 e. The number of hydrogen-bond acceptors (Lipinski definition) is 6. The first-order chi connectivity index (χ1) is 12.7. The molecule has 1 amide bonds. The van der Waals surface area contributed by atoms with E-state index in [4.69, 9.17) is 0 Å². The van der Waals surface area contributed by atoms with Gasteiger partial charge in [-0.2, -0.15) is 0 Å². The van der Waals surface area contributed by atoms with E-state index in [1.807, 2.05) is 36.1 Å². The topological polar surface area (TPSA) is 92.3 Å². The summed E-state index contributed by atoms with van der Waals surface area (Å²) in [4.78, 5) is 23.0. The summed E-state index contributed by atoms with van der Waals surface area (Å²) in [5.41, 5.74) is 2.45. The maximum atomic E-state index is 12.5. The Balaban J connectivity index is 1.72. The molecule has 2 heterocycles. The number of hydrogen-bond donors (Lipinski definition) is 1. The molecule has 1 aromatic heterocycles. The molecule has 0 radical (unpaired) electrons. The van der Waals surface area contributed by atoms with Gasteiger partial charge < -0.3 is 10.2 Å². The van der Waals surface area contributed by atoms with Crippen molar-refractivity contribution in [3.63, 3.8) is 0 Å². The highest BCUT2D eigenvalue weighted by atomic mass is 32.2. The van der Waals surface area contributed by atoms with Gasteiger partial charge in [-0.15, -0.1) is 0 Å². The van der Waals surface area contributed by atoms with Crippen molar-refractivity contribution in [3.8, 4) is 0 Å². The number of benzene rings is 1. The molecule has 1 unspecified atom stereocenters. The van der Waals surface area contributed by atoms with E-state index in [1.54, 1.807) is 20.0 Å². The Kier molecular flexibility index (Phi) is 5.46. The van der Waals surface area contributed by atoms with Crippen LogP contribution < -0.4 is 10.2 Å². The standard InChI is InChI=1S/C19H24N4O3S/c1-13-4-6-15(7-5-13)11-20-19(24)17-10-18(22-14(2)21-17)23(3)16-8-9-27(25,26)12-16/h4-7,10,16H,8-9,11-12H2,1-3H3,(H,20,24). The number of rotatable bonds is 5. The zero-order valence-corrected chi connectivity index (χ0v) is 16.6. The first-order valence-corrected chi connectivity index (χ1v) is 10.7. The van der Waals surface area contributed by atoms with Crippen LogP contribution in [0.2, 0.25) is 0 Å². The van der Waals surface area contributed by atoms with Crippen LogP contribution in [0.15, 0.2) is 30.3 Å². The van der Waals surface area contributed by atoms with Crippen LogP contribution in [0.1, 0.15) is 33.9 Å². The van der Waals surface area contributed by atoms with Gasteiger partial charge in [0.25, 0.3) is 5.91 Å². The van der Waals surface area contributed by atoms with E-state index in [1.165, 1.54) is 0 Å². The minimum absolute atomic E-state index is 0.113. The lowest BCUT2D eigenvalue weighted by Crippen LogP contribution is -2.34. The number of carbonyl (C=O) groups is 1. The molecule has 0 spiro atoms. The van der Waals surface area contributed by atoms with Crippen molar-refractivity contribution in [3.05, 3.63) is 53.0 Å². The normalized spacial score (nSPS) is 18.3. The molecule has 27 heavy (non-hydrogen) atoms. The van der Waals surface area contributed by atoms with E-state index in [9.17, 15) is 13.2 Å². The number of aromatic nitrogens is 2. The lowest BCUT2D eigenvalue weighted by molar-refractivity contribution is 0.0945. The summed E-state index contributed by atoms with van der Waals surface area (Å²) in [6.45, 7) is 4.15. The number of sulfone groups is 1. The van der Waals surface area contributed by atoms with Crippen molar-refractivity contribution >= 4 is 21.6 Å². The predicted molar refractivity (Wildman–Crippen MR) is 105 cm³/mol. The first kappa shape index (κ1) is 19.3. The zero-order valence-electron chi connectivity index (χ0n) is 15.8. The van der Waals surface area contributed by atoms with Gasteiger partial charge in [0, 0.05) is 25.7 Å². The fourth-order valence-electron chi connectivity index (χ4n) is 3.10. The fourth-order valence-corrected chi connectivity index (χ4v) is 4.87. The van der Waals surface area contributed by atoms with E-state index in [2.05, 4.69) is 15.3 Å². The number of carbonyl (C=O) groups excluding carboxylic acids is 1. The van der Waals surface area contributed by atoms with Gasteiger partial charge in [-0.05, 0) is 25.8 Å². The molecular formula is C19H24N4O3S. The van der Waals surface area contributed by atoms with Crippen LogP contribution in [0.25, 0.3) is 0 Å². The first-order valence-electron chi connectivity index (χ1n) is 8.86. The molecule has 0 bridgehead atoms. The van der Waals surface area contributed by atoms with Gasteiger partial charge in [-0.25, -0.2) is 18.4 Å². The highest BCUT2D eigenvalue weighted by Gasteiger charge is 2.31. The Morgan fingerprint density at radius 1 is 1.22 bits per heavy atom. The third-order valence-electron chi connectivity index (χ3n) is 4.75. The third-order valence-corrected chi connectivity index (χ3v) is 6.50. The zero-order chi connectivity index (χ0) is 19.6. The molecule has 144 valence electrons.